The Balaban J connectivity index is 4.25. The monoisotopic (exact) mass is 1160 g/mol. The van der Waals surface area contributed by atoms with Crippen LogP contribution in [0.15, 0.2) is 60.8 Å². The van der Waals surface area contributed by atoms with Crippen LogP contribution >= 0.6 is 0 Å². The van der Waals surface area contributed by atoms with Gasteiger partial charge in [0.15, 0.2) is 6.10 Å². The zero-order chi connectivity index (χ0) is 59.9. The lowest BCUT2D eigenvalue weighted by Crippen LogP contribution is -2.30. The SMILES string of the molecule is CC/C=C\C/C=C\C/C=C\C/C=C\CCCCCCCCCCCCCCC(=O)OC(COC(=O)CCCCCCC/C=C\CCCCCCC)COC(=O)CCCCCCCCCCCCCCCCCCCCCCCCCCCC. The van der Waals surface area contributed by atoms with Gasteiger partial charge in [0.25, 0.3) is 0 Å². The molecule has 0 aliphatic carbocycles. The first kappa shape index (κ1) is 80.1. The van der Waals surface area contributed by atoms with Crippen LogP contribution in [0.1, 0.15) is 393 Å². The third-order valence-corrected chi connectivity index (χ3v) is 16.5. The Labute approximate surface area is 517 Å². The summed E-state index contributed by atoms with van der Waals surface area (Å²) in [6, 6.07) is 0. The van der Waals surface area contributed by atoms with Gasteiger partial charge in [-0.15, -0.1) is 0 Å². The maximum atomic E-state index is 13.0. The smallest absolute Gasteiger partial charge is 0.306 e. The van der Waals surface area contributed by atoms with E-state index in [0.29, 0.717) is 19.3 Å². The fraction of sp³-hybridized carbons (Fsp3) is 0.831. The molecule has 1 unspecified atom stereocenters. The van der Waals surface area contributed by atoms with E-state index in [2.05, 4.69) is 81.5 Å². The first-order valence-electron chi connectivity index (χ1n) is 36.8. The predicted octanol–water partition coefficient (Wildman–Crippen LogP) is 25.5. The molecule has 83 heavy (non-hydrogen) atoms. The molecule has 0 aromatic rings. The Morgan fingerprint density at radius 1 is 0.253 bits per heavy atom. The van der Waals surface area contributed by atoms with E-state index in [1.165, 1.54) is 263 Å². The minimum absolute atomic E-state index is 0.0728. The molecule has 0 saturated heterocycles. The Morgan fingerprint density at radius 3 is 0.747 bits per heavy atom. The molecular weight excluding hydrogens is 1020 g/mol. The lowest BCUT2D eigenvalue weighted by Gasteiger charge is -2.18. The summed E-state index contributed by atoms with van der Waals surface area (Å²) < 4.78 is 17.0. The van der Waals surface area contributed by atoms with E-state index in [0.717, 1.165) is 89.9 Å². The van der Waals surface area contributed by atoms with Gasteiger partial charge < -0.3 is 14.2 Å². The van der Waals surface area contributed by atoms with E-state index in [4.69, 9.17) is 14.2 Å². The first-order valence-corrected chi connectivity index (χ1v) is 36.8. The molecule has 0 aromatic carbocycles. The Hall–Kier alpha value is -2.89. The molecule has 0 aliphatic rings. The summed E-state index contributed by atoms with van der Waals surface area (Å²) in [6.07, 6.45) is 92.6. The number of esters is 3. The van der Waals surface area contributed by atoms with Gasteiger partial charge in [0.2, 0.25) is 0 Å². The Kier molecular flexibility index (Phi) is 69.1. The summed E-state index contributed by atoms with van der Waals surface area (Å²) >= 11 is 0. The van der Waals surface area contributed by atoms with Crippen LogP contribution in [0, 0.1) is 0 Å². The lowest BCUT2D eigenvalue weighted by atomic mass is 10.0. The molecule has 6 heteroatoms. The molecule has 484 valence electrons. The van der Waals surface area contributed by atoms with E-state index < -0.39 is 6.10 Å². The number of hydrogen-bond donors (Lipinski definition) is 0. The van der Waals surface area contributed by atoms with Crippen LogP contribution in [-0.4, -0.2) is 37.2 Å². The summed E-state index contributed by atoms with van der Waals surface area (Å²) in [4.78, 5) is 38.5. The van der Waals surface area contributed by atoms with Crippen LogP contribution in [0.3, 0.4) is 0 Å². The lowest BCUT2D eigenvalue weighted by molar-refractivity contribution is -0.167. The average Bonchev–Trinajstić information content (AvgIpc) is 3.49. The molecule has 0 aliphatic heterocycles. The van der Waals surface area contributed by atoms with E-state index >= 15 is 0 Å². The van der Waals surface area contributed by atoms with Crippen molar-refractivity contribution < 1.29 is 28.6 Å². The Bertz CT molecular complexity index is 1470. The van der Waals surface area contributed by atoms with Crippen molar-refractivity contribution in [3.8, 4) is 0 Å². The highest BCUT2D eigenvalue weighted by Gasteiger charge is 2.19. The van der Waals surface area contributed by atoms with E-state index in [-0.39, 0.29) is 31.1 Å². The van der Waals surface area contributed by atoms with E-state index in [1.54, 1.807) is 0 Å². The summed E-state index contributed by atoms with van der Waals surface area (Å²) in [5, 5.41) is 0. The maximum Gasteiger partial charge on any atom is 0.306 e. The molecule has 0 amide bonds. The van der Waals surface area contributed by atoms with Crippen LogP contribution < -0.4 is 0 Å². The van der Waals surface area contributed by atoms with Gasteiger partial charge in [-0.1, -0.05) is 351 Å². The highest BCUT2D eigenvalue weighted by atomic mass is 16.6. The number of carbonyl (C=O) groups excluding carboxylic acids is 3. The second-order valence-electron chi connectivity index (χ2n) is 24.8. The third kappa shape index (κ3) is 69.8. The number of unbranched alkanes of at least 4 members (excludes halogenated alkanes) is 47. The predicted molar refractivity (Wildman–Crippen MR) is 362 cm³/mol. The quantitative estimate of drug-likeness (QED) is 0.0261. The highest BCUT2D eigenvalue weighted by molar-refractivity contribution is 5.71. The largest absolute Gasteiger partial charge is 0.462 e. The standard InChI is InChI=1S/C77H140O6/c1-4-7-10-13-16-19-22-25-28-30-32-34-36-38-40-41-43-45-47-49-52-55-58-61-64-67-70-76(79)82-73-74(72-81-75(78)69-66-63-60-57-54-51-27-24-21-18-15-12-9-6-3)83-77(80)71-68-65-62-59-56-53-50-48-46-44-42-39-37-35-33-31-29-26-23-20-17-14-11-8-5-2/h8,11,17,20,24,26-27,29,33,35,74H,4-7,9-10,12-16,18-19,21-23,25,28,30-32,34,36-73H2,1-3H3/b11-8-,20-17-,27-24-,29-26-,35-33-. The molecule has 0 fully saturated rings. The Morgan fingerprint density at radius 2 is 0.470 bits per heavy atom. The van der Waals surface area contributed by atoms with Crippen LogP contribution in [0.5, 0.6) is 0 Å². The molecule has 0 heterocycles. The zero-order valence-corrected chi connectivity index (χ0v) is 55.7. The van der Waals surface area contributed by atoms with Crippen molar-refractivity contribution in [2.75, 3.05) is 13.2 Å². The minimum atomic E-state index is -0.779. The van der Waals surface area contributed by atoms with Gasteiger partial charge in [-0.2, -0.15) is 0 Å². The maximum absolute atomic E-state index is 13.0. The van der Waals surface area contributed by atoms with E-state index in [9.17, 15) is 14.4 Å². The van der Waals surface area contributed by atoms with Gasteiger partial charge in [-0.05, 0) is 83.5 Å². The molecular formula is C77H140O6. The second-order valence-corrected chi connectivity index (χ2v) is 24.8. The third-order valence-electron chi connectivity index (χ3n) is 16.5. The molecule has 0 bridgehead atoms. The summed E-state index contributed by atoms with van der Waals surface area (Å²) in [7, 11) is 0. The van der Waals surface area contributed by atoms with E-state index in [1.807, 2.05) is 0 Å². The normalized spacial score (nSPS) is 12.4. The molecule has 0 spiro atoms. The average molecular weight is 1160 g/mol. The van der Waals surface area contributed by atoms with Crippen LogP contribution in [-0.2, 0) is 28.6 Å². The number of ether oxygens (including phenoxy) is 3. The summed E-state index contributed by atoms with van der Waals surface area (Å²) in [6.45, 7) is 6.58. The van der Waals surface area contributed by atoms with Gasteiger partial charge >= 0.3 is 17.9 Å². The molecule has 0 rings (SSSR count). The molecule has 0 N–H and O–H groups in total. The molecule has 0 saturated carbocycles. The van der Waals surface area contributed by atoms with Gasteiger partial charge in [0.05, 0.1) is 0 Å². The fourth-order valence-corrected chi connectivity index (χ4v) is 11.0. The molecule has 6 nitrogen and oxygen atoms in total. The van der Waals surface area contributed by atoms with Gasteiger partial charge in [0, 0.05) is 19.3 Å². The van der Waals surface area contributed by atoms with Crippen molar-refractivity contribution >= 4 is 17.9 Å². The molecule has 1 atom stereocenters. The second kappa shape index (κ2) is 71.6. The summed E-state index contributed by atoms with van der Waals surface area (Å²) in [5.74, 6) is -0.857. The highest BCUT2D eigenvalue weighted by Crippen LogP contribution is 2.19. The number of carbonyl (C=O) groups is 3. The number of hydrogen-bond acceptors (Lipinski definition) is 6. The van der Waals surface area contributed by atoms with Crippen LogP contribution in [0.2, 0.25) is 0 Å². The fourth-order valence-electron chi connectivity index (χ4n) is 11.0. The van der Waals surface area contributed by atoms with Crippen molar-refractivity contribution in [1.82, 2.24) is 0 Å². The van der Waals surface area contributed by atoms with Crippen molar-refractivity contribution in [2.45, 2.75) is 399 Å². The van der Waals surface area contributed by atoms with Crippen LogP contribution in [0.4, 0.5) is 0 Å². The van der Waals surface area contributed by atoms with Crippen molar-refractivity contribution in [2.24, 2.45) is 0 Å². The summed E-state index contributed by atoms with van der Waals surface area (Å²) in [5.41, 5.74) is 0. The molecule has 0 aromatic heterocycles. The number of rotatable bonds is 68. The van der Waals surface area contributed by atoms with Gasteiger partial charge in [0.1, 0.15) is 13.2 Å². The molecule has 0 radical (unpaired) electrons. The van der Waals surface area contributed by atoms with Gasteiger partial charge in [-0.3, -0.25) is 14.4 Å². The van der Waals surface area contributed by atoms with Crippen LogP contribution in [0.25, 0.3) is 0 Å². The number of allylic oxidation sites excluding steroid dienone is 10. The van der Waals surface area contributed by atoms with Crippen molar-refractivity contribution in [3.63, 3.8) is 0 Å². The van der Waals surface area contributed by atoms with Crippen molar-refractivity contribution in [1.29, 1.82) is 0 Å². The van der Waals surface area contributed by atoms with Gasteiger partial charge in [-0.25, -0.2) is 0 Å². The first-order chi connectivity index (χ1) is 41.0. The minimum Gasteiger partial charge on any atom is -0.462 e. The topological polar surface area (TPSA) is 78.9 Å². The van der Waals surface area contributed by atoms with Crippen molar-refractivity contribution in [3.05, 3.63) is 60.8 Å². The zero-order valence-electron chi connectivity index (χ0n) is 55.7.